The maximum Gasteiger partial charge on any atom is 0.360 e. The number of carbonyl (C=O) groups excluding carboxylic acids is 7. The SMILES string of the molecule is CC(C)(C)C(=O)OCC12CC3CC(C(=O)O1)C2C3.CC(C)(C)C(=O)OCC12CC3CC1C(C3)S(=O)(=O)O2.CC(C)(C)C(=O)OCC1CCOC1=O.CC(C)(C)C(F)(F)OCC(O)COC(=O)C1CCCCC1.CC(C)(C)C(F)(F)OCC12CC3CC(C1)C(=O)C(C3)C2.CC(C)(C)C(F)(F)OCC12CC3CC(C1)C(O)C(C3)C2.CC(C)(C)C(F)(F)OCC12CC3CC(CC(O)(C3)C1)C2. The van der Waals surface area contributed by atoms with Crippen LogP contribution in [0.15, 0.2) is 0 Å². The lowest BCUT2D eigenvalue weighted by atomic mass is 9.48. The lowest BCUT2D eigenvalue weighted by Crippen LogP contribution is -2.57. The van der Waals surface area contributed by atoms with Crippen molar-refractivity contribution >= 4 is 51.7 Å². The van der Waals surface area contributed by atoms with Crippen molar-refractivity contribution in [1.82, 2.24) is 0 Å². The van der Waals surface area contributed by atoms with Crippen molar-refractivity contribution in [3.05, 3.63) is 0 Å². The first-order chi connectivity index (χ1) is 60.3. The summed E-state index contributed by atoms with van der Waals surface area (Å²) in [5, 5.41) is 30.0. The third-order valence-electron chi connectivity index (χ3n) is 31.9. The van der Waals surface area contributed by atoms with Gasteiger partial charge in [0.2, 0.25) is 0 Å². The van der Waals surface area contributed by atoms with E-state index in [0.29, 0.717) is 85.4 Å². The molecule has 17 aliphatic carbocycles. The van der Waals surface area contributed by atoms with E-state index in [4.69, 9.17) is 46.8 Å². The zero-order valence-electron chi connectivity index (χ0n) is 82.5. The average Bonchev–Trinajstić information content (AvgIpc) is 1.52. The molecule has 0 spiro atoms. The van der Waals surface area contributed by atoms with Gasteiger partial charge in [-0.15, -0.1) is 0 Å². The highest BCUT2D eigenvalue weighted by Crippen LogP contribution is 2.66. The van der Waals surface area contributed by atoms with Crippen LogP contribution >= 0.6 is 0 Å². The Balaban J connectivity index is 0.000000149. The Labute approximate surface area is 778 Å². The number of rotatable bonds is 21. The molecule has 23 nitrogen and oxygen atoms in total. The molecular formula is C100H158F8O23S. The van der Waals surface area contributed by atoms with E-state index >= 15 is 0 Å². The number of ketones is 1. The first-order valence-electron chi connectivity index (χ1n) is 49.0. The lowest BCUT2D eigenvalue weighted by Gasteiger charge is -2.60. The van der Waals surface area contributed by atoms with E-state index in [1.54, 1.807) is 41.5 Å². The molecule has 0 radical (unpaired) electrons. The Morgan fingerprint density at radius 3 is 1.32 bits per heavy atom. The number of Topliss-reactive ketones (excluding diaryl/α,β-unsaturated/α-hetero) is 1. The maximum absolute atomic E-state index is 14.0. The molecular weight excluding hydrogens is 1750 g/mol. The first kappa shape index (κ1) is 108. The van der Waals surface area contributed by atoms with Gasteiger partial charge >= 0.3 is 60.3 Å². The smallest absolute Gasteiger partial charge is 0.360 e. The number of aliphatic hydroxyl groups excluding tert-OH is 2. The minimum Gasteiger partial charge on any atom is -0.465 e. The molecule has 20 rings (SSSR count). The minimum atomic E-state index is -3.46. The molecule has 3 aliphatic heterocycles. The zero-order chi connectivity index (χ0) is 98.4. The fourth-order valence-corrected chi connectivity index (χ4v) is 27.2. The summed E-state index contributed by atoms with van der Waals surface area (Å²) in [7, 11) is -3.46. The van der Waals surface area contributed by atoms with Gasteiger partial charge in [0.15, 0.2) is 0 Å². The van der Waals surface area contributed by atoms with Crippen molar-refractivity contribution < 1.29 is 144 Å². The molecule has 0 amide bonds. The van der Waals surface area contributed by atoms with Crippen LogP contribution in [0, 0.1) is 143 Å². The highest BCUT2D eigenvalue weighted by atomic mass is 32.2. The van der Waals surface area contributed by atoms with Crippen molar-refractivity contribution in [2.24, 2.45) is 143 Å². The molecule has 16 bridgehead atoms. The number of carbonyl (C=O) groups is 7. The highest BCUT2D eigenvalue weighted by molar-refractivity contribution is 7.87. The number of halogens is 8. The molecule has 3 N–H and O–H groups in total. The predicted octanol–water partition coefficient (Wildman–Crippen LogP) is 19.5. The second-order valence-corrected chi connectivity index (χ2v) is 52.7. The summed E-state index contributed by atoms with van der Waals surface area (Å²) in [6, 6.07) is 0. The van der Waals surface area contributed by atoms with Crippen molar-refractivity contribution in [2.45, 2.75) is 384 Å². The van der Waals surface area contributed by atoms with E-state index in [9.17, 15) is 92.4 Å². The molecule has 3 saturated heterocycles. The molecule has 758 valence electrons. The number of cyclic esters (lactones) is 1. The Hall–Kier alpha value is -4.44. The Morgan fingerprint density at radius 2 is 0.864 bits per heavy atom. The van der Waals surface area contributed by atoms with Crippen molar-refractivity contribution in [2.75, 3.05) is 59.5 Å². The zero-order valence-corrected chi connectivity index (χ0v) is 83.3. The van der Waals surface area contributed by atoms with Crippen LogP contribution in [0.4, 0.5) is 35.1 Å². The van der Waals surface area contributed by atoms with Crippen LogP contribution in [0.1, 0.15) is 325 Å². The number of ether oxygens (including phenoxy) is 10. The molecule has 16 atom stereocenters. The van der Waals surface area contributed by atoms with Gasteiger partial charge in [-0.25, -0.2) is 0 Å². The second kappa shape index (κ2) is 38.9. The Kier molecular flexibility index (Phi) is 31.8. The summed E-state index contributed by atoms with van der Waals surface area (Å²) in [6.45, 7) is 34.1. The van der Waals surface area contributed by atoms with E-state index in [-0.39, 0.29) is 151 Å². The molecule has 0 aromatic heterocycles. The van der Waals surface area contributed by atoms with Gasteiger partial charge < -0.3 is 62.7 Å². The van der Waals surface area contributed by atoms with Crippen molar-refractivity contribution in [1.29, 1.82) is 0 Å². The molecule has 3 heterocycles. The van der Waals surface area contributed by atoms with Gasteiger partial charge in [-0.05, 0) is 286 Å². The Morgan fingerprint density at radius 1 is 0.439 bits per heavy atom. The quantitative estimate of drug-likeness (QED) is 0.0416. The normalized spacial score (nSPS) is 36.6. The first-order valence-corrected chi connectivity index (χ1v) is 50.5. The summed E-state index contributed by atoms with van der Waals surface area (Å²) in [6.07, 6.45) is 11.2. The molecule has 20 fully saturated rings. The molecule has 17 saturated carbocycles. The predicted molar refractivity (Wildman–Crippen MR) is 471 cm³/mol. The molecule has 32 heteroatoms. The van der Waals surface area contributed by atoms with Gasteiger partial charge in [-0.2, -0.15) is 43.5 Å². The van der Waals surface area contributed by atoms with Gasteiger partial charge in [0, 0.05) is 23.7 Å². The fourth-order valence-electron chi connectivity index (χ4n) is 25.1. The highest BCUT2D eigenvalue weighted by Gasteiger charge is 2.70. The monoisotopic (exact) mass is 1910 g/mol. The van der Waals surface area contributed by atoms with Gasteiger partial charge in [0.1, 0.15) is 49.5 Å². The largest absolute Gasteiger partial charge is 0.465 e. The van der Waals surface area contributed by atoms with E-state index in [2.05, 4.69) is 4.74 Å². The number of hydrogen-bond acceptors (Lipinski definition) is 23. The number of esters is 6. The summed E-state index contributed by atoms with van der Waals surface area (Å²) in [5.41, 5.74) is -8.86. The molecule has 132 heavy (non-hydrogen) atoms. The number of fused-ring (bicyclic) bond motifs is 2. The third kappa shape index (κ3) is 24.9. The van der Waals surface area contributed by atoms with Crippen LogP contribution in [0.5, 0.6) is 0 Å². The number of alkyl halides is 8. The van der Waals surface area contributed by atoms with E-state index < -0.39 is 102 Å². The lowest BCUT2D eigenvalue weighted by molar-refractivity contribution is -0.316. The third-order valence-corrected chi connectivity index (χ3v) is 33.8. The summed E-state index contributed by atoms with van der Waals surface area (Å²) >= 11 is 0. The van der Waals surface area contributed by atoms with Gasteiger partial charge in [-0.3, -0.25) is 37.7 Å². The number of hydrogen-bond donors (Lipinski definition) is 3. The molecule has 16 unspecified atom stereocenters. The molecule has 0 aromatic carbocycles. The van der Waals surface area contributed by atoms with Crippen LogP contribution in [0.25, 0.3) is 0 Å². The van der Waals surface area contributed by atoms with E-state index in [1.165, 1.54) is 89.5 Å². The maximum atomic E-state index is 14.0. The number of aliphatic hydroxyl groups is 3. The standard InChI is InChI=1S/2C16H26F2O2.C16H24F2O2.C15H26F2O4.C14H20O4.C13H20O5S.C10H16O4/c1-13(2,3)16(17,18)20-10-14-5-11-4-12(6-14)8-15(19,7-11)9-14;2*1-14(2,3)16(17,18)20-9-15-6-10-4-11(7-15)13(19)12(5-10)8-15;1-14(2,3)15(16,17)21-10-12(18)9-20-13(19)11-7-5-4-6-8-11;1-13(2,3)12(16)17-7-14-6-8-4-9(10(14)5-8)11(15)18-14;1-12(2,3)11(14)17-7-13-6-8-4-9(13)10(5-8)19(15,16)18-13;1-10(2,3)9(12)14-6-7-4-5-13-8(7)11/h11-12,19H,4-10H2,1-3H3;10-13,19H,4-9H2,1-3H3;10-12H,4-9H2,1-3H3;11-12,18H,4-10H2,1-3H3;8-10H,4-7H2,1-3H3;8-10H,4-7H2,1-3H3;7H,4-6H2,1-3H3. The van der Waals surface area contributed by atoms with Crippen LogP contribution < -0.4 is 0 Å². The van der Waals surface area contributed by atoms with E-state index in [0.717, 1.165) is 148 Å². The van der Waals surface area contributed by atoms with E-state index in [1.807, 2.05) is 20.8 Å². The van der Waals surface area contributed by atoms with Crippen molar-refractivity contribution in [3.8, 4) is 0 Å². The molecule has 20 aliphatic rings. The topological polar surface area (TPSA) is 316 Å². The van der Waals surface area contributed by atoms with Crippen LogP contribution in [0.3, 0.4) is 0 Å². The Bertz CT molecular complexity index is 4130. The van der Waals surface area contributed by atoms with Gasteiger partial charge in [-0.1, -0.05) is 102 Å². The van der Waals surface area contributed by atoms with Crippen LogP contribution in [0.2, 0.25) is 0 Å². The van der Waals surface area contributed by atoms with Gasteiger partial charge in [0.05, 0.1) is 106 Å². The average molecular weight is 1910 g/mol. The van der Waals surface area contributed by atoms with Crippen molar-refractivity contribution in [3.63, 3.8) is 0 Å². The summed E-state index contributed by atoms with van der Waals surface area (Å²) < 4.78 is 191. The molecule has 0 aromatic rings. The fraction of sp³-hybridized carbons (Fsp3) is 0.930. The minimum absolute atomic E-state index is 0.00951. The van der Waals surface area contributed by atoms with Gasteiger partial charge in [0.25, 0.3) is 10.1 Å². The second-order valence-electron chi connectivity index (χ2n) is 51.0. The van der Waals surface area contributed by atoms with Crippen LogP contribution in [-0.2, 0) is 95.2 Å². The summed E-state index contributed by atoms with van der Waals surface area (Å²) in [4.78, 5) is 81.6. The summed E-state index contributed by atoms with van der Waals surface area (Å²) in [5.74, 6) is 2.89. The van der Waals surface area contributed by atoms with Crippen LogP contribution in [-0.4, -0.2) is 183 Å².